The van der Waals surface area contributed by atoms with Crippen molar-refractivity contribution >= 4 is 27.3 Å². The molecule has 0 fully saturated rings. The number of aryl methyl sites for hydroxylation is 2. The standard InChI is InChI=1S/C15H18BrNS/c1-10-8-13(12(3)18-10)9-17-11(2)14-6-4-5-7-15(14)16/h4-8,11,17H,9H2,1-3H3/t11-/m0/s1. The lowest BCUT2D eigenvalue weighted by molar-refractivity contribution is 0.572. The molecule has 96 valence electrons. The number of hydrogen-bond donors (Lipinski definition) is 1. The van der Waals surface area contributed by atoms with Crippen molar-refractivity contribution in [1.82, 2.24) is 5.32 Å². The third kappa shape index (κ3) is 3.22. The van der Waals surface area contributed by atoms with Gasteiger partial charge < -0.3 is 5.32 Å². The summed E-state index contributed by atoms with van der Waals surface area (Å²) in [7, 11) is 0. The van der Waals surface area contributed by atoms with Gasteiger partial charge in [-0.3, -0.25) is 0 Å². The van der Waals surface area contributed by atoms with Gasteiger partial charge in [-0.2, -0.15) is 0 Å². The highest BCUT2D eigenvalue weighted by Gasteiger charge is 2.09. The Morgan fingerprint density at radius 3 is 2.61 bits per heavy atom. The molecule has 0 spiro atoms. The van der Waals surface area contributed by atoms with Crippen molar-refractivity contribution in [3.8, 4) is 0 Å². The first-order valence-electron chi connectivity index (χ1n) is 6.11. The fourth-order valence-corrected chi connectivity index (χ4v) is 3.63. The van der Waals surface area contributed by atoms with Crippen molar-refractivity contribution in [2.45, 2.75) is 33.4 Å². The number of benzene rings is 1. The number of thiophene rings is 1. The molecule has 3 heteroatoms. The molecule has 0 bridgehead atoms. The molecule has 0 aliphatic heterocycles. The van der Waals surface area contributed by atoms with Gasteiger partial charge in [-0.15, -0.1) is 11.3 Å². The zero-order valence-corrected chi connectivity index (χ0v) is 13.4. The van der Waals surface area contributed by atoms with Crippen LogP contribution in [0.2, 0.25) is 0 Å². The van der Waals surface area contributed by atoms with E-state index >= 15 is 0 Å². The first-order valence-corrected chi connectivity index (χ1v) is 7.72. The Kier molecular flexibility index (Phi) is 4.60. The second-order valence-corrected chi connectivity index (χ2v) is 6.88. The van der Waals surface area contributed by atoms with Gasteiger partial charge in [0.05, 0.1) is 0 Å². The maximum Gasteiger partial charge on any atom is 0.0306 e. The van der Waals surface area contributed by atoms with Crippen LogP contribution < -0.4 is 5.32 Å². The average Bonchev–Trinajstić information content (AvgIpc) is 2.65. The first-order chi connectivity index (χ1) is 8.58. The molecule has 0 aliphatic carbocycles. The van der Waals surface area contributed by atoms with E-state index in [2.05, 4.69) is 66.3 Å². The molecular formula is C15H18BrNS. The minimum Gasteiger partial charge on any atom is -0.306 e. The Morgan fingerprint density at radius 2 is 2.00 bits per heavy atom. The van der Waals surface area contributed by atoms with Crippen LogP contribution >= 0.6 is 27.3 Å². The summed E-state index contributed by atoms with van der Waals surface area (Å²) in [4.78, 5) is 2.80. The maximum atomic E-state index is 3.60. The molecule has 1 N–H and O–H groups in total. The van der Waals surface area contributed by atoms with Crippen LogP contribution in [0.1, 0.15) is 33.8 Å². The number of nitrogens with one attached hydrogen (secondary N) is 1. The van der Waals surface area contributed by atoms with Gasteiger partial charge in [0, 0.05) is 26.8 Å². The van der Waals surface area contributed by atoms with Crippen molar-refractivity contribution in [2.24, 2.45) is 0 Å². The highest BCUT2D eigenvalue weighted by atomic mass is 79.9. The quantitative estimate of drug-likeness (QED) is 0.836. The lowest BCUT2D eigenvalue weighted by Gasteiger charge is -2.15. The van der Waals surface area contributed by atoms with Gasteiger partial charge in [-0.1, -0.05) is 34.1 Å². The largest absolute Gasteiger partial charge is 0.306 e. The van der Waals surface area contributed by atoms with Gasteiger partial charge in [-0.25, -0.2) is 0 Å². The first kappa shape index (κ1) is 13.8. The van der Waals surface area contributed by atoms with Crippen LogP contribution in [-0.2, 0) is 6.54 Å². The molecule has 2 aromatic rings. The molecule has 0 radical (unpaired) electrons. The number of rotatable bonds is 4. The van der Waals surface area contributed by atoms with Crippen LogP contribution in [0.25, 0.3) is 0 Å². The minimum absolute atomic E-state index is 0.347. The van der Waals surface area contributed by atoms with Crippen LogP contribution in [0, 0.1) is 13.8 Å². The van der Waals surface area contributed by atoms with Crippen LogP contribution in [0.5, 0.6) is 0 Å². The van der Waals surface area contributed by atoms with E-state index < -0.39 is 0 Å². The summed E-state index contributed by atoms with van der Waals surface area (Å²) in [6, 6.07) is 11.0. The van der Waals surface area contributed by atoms with Crippen molar-refractivity contribution < 1.29 is 0 Å². The van der Waals surface area contributed by atoms with E-state index in [0.29, 0.717) is 6.04 Å². The monoisotopic (exact) mass is 323 g/mol. The Balaban J connectivity index is 2.03. The fraction of sp³-hybridized carbons (Fsp3) is 0.333. The summed E-state index contributed by atoms with van der Waals surface area (Å²) in [6.45, 7) is 7.49. The molecule has 0 amide bonds. The lowest BCUT2D eigenvalue weighted by Crippen LogP contribution is -2.18. The zero-order valence-electron chi connectivity index (χ0n) is 11.0. The maximum absolute atomic E-state index is 3.60. The Bertz CT molecular complexity index is 533. The molecule has 1 nitrogen and oxygen atoms in total. The molecule has 1 heterocycles. The van der Waals surface area contributed by atoms with Gasteiger partial charge in [0.25, 0.3) is 0 Å². The van der Waals surface area contributed by atoms with E-state index in [1.807, 2.05) is 17.4 Å². The lowest BCUT2D eigenvalue weighted by atomic mass is 10.1. The molecular weight excluding hydrogens is 306 g/mol. The molecule has 18 heavy (non-hydrogen) atoms. The second-order valence-electron chi connectivity index (χ2n) is 4.56. The molecule has 2 rings (SSSR count). The third-order valence-corrected chi connectivity index (χ3v) is 4.84. The van der Waals surface area contributed by atoms with E-state index in [1.54, 1.807) is 0 Å². The Labute approximate surface area is 121 Å². The van der Waals surface area contributed by atoms with E-state index in [1.165, 1.54) is 25.4 Å². The summed E-state index contributed by atoms with van der Waals surface area (Å²) in [5.74, 6) is 0. The molecule has 0 aliphatic rings. The van der Waals surface area contributed by atoms with E-state index in [4.69, 9.17) is 0 Å². The number of halogens is 1. The fourth-order valence-electron chi connectivity index (χ4n) is 2.06. The summed E-state index contributed by atoms with van der Waals surface area (Å²) in [5, 5.41) is 3.59. The minimum atomic E-state index is 0.347. The van der Waals surface area contributed by atoms with Crippen LogP contribution in [0.4, 0.5) is 0 Å². The normalized spacial score (nSPS) is 12.7. The third-order valence-electron chi connectivity index (χ3n) is 3.11. The Morgan fingerprint density at radius 1 is 1.28 bits per heavy atom. The van der Waals surface area contributed by atoms with E-state index in [-0.39, 0.29) is 0 Å². The highest BCUT2D eigenvalue weighted by Crippen LogP contribution is 2.24. The molecule has 1 atom stereocenters. The summed E-state index contributed by atoms with van der Waals surface area (Å²) in [6.07, 6.45) is 0. The van der Waals surface area contributed by atoms with Crippen LogP contribution in [0.15, 0.2) is 34.8 Å². The zero-order chi connectivity index (χ0) is 13.1. The van der Waals surface area contributed by atoms with E-state index in [9.17, 15) is 0 Å². The smallest absolute Gasteiger partial charge is 0.0306 e. The van der Waals surface area contributed by atoms with Crippen LogP contribution in [-0.4, -0.2) is 0 Å². The van der Waals surface area contributed by atoms with Gasteiger partial charge in [-0.05, 0) is 44.0 Å². The van der Waals surface area contributed by atoms with E-state index in [0.717, 1.165) is 6.54 Å². The summed E-state index contributed by atoms with van der Waals surface area (Å²) >= 11 is 5.47. The SMILES string of the molecule is Cc1cc(CN[C@@H](C)c2ccccc2Br)c(C)s1. The van der Waals surface area contributed by atoms with Crippen molar-refractivity contribution in [2.75, 3.05) is 0 Å². The highest BCUT2D eigenvalue weighted by molar-refractivity contribution is 9.10. The predicted molar refractivity (Wildman–Crippen MR) is 83.2 cm³/mol. The summed E-state index contributed by atoms with van der Waals surface area (Å²) < 4.78 is 1.17. The molecule has 1 aromatic heterocycles. The van der Waals surface area contributed by atoms with Crippen molar-refractivity contribution in [3.63, 3.8) is 0 Å². The predicted octanol–water partition coefficient (Wildman–Crippen LogP) is 4.98. The van der Waals surface area contributed by atoms with Gasteiger partial charge in [0.1, 0.15) is 0 Å². The Hall–Kier alpha value is -0.640. The molecule has 1 aromatic carbocycles. The van der Waals surface area contributed by atoms with Crippen molar-refractivity contribution in [1.29, 1.82) is 0 Å². The van der Waals surface area contributed by atoms with Crippen molar-refractivity contribution in [3.05, 3.63) is 55.7 Å². The molecule has 0 saturated heterocycles. The number of hydrogen-bond acceptors (Lipinski definition) is 2. The topological polar surface area (TPSA) is 12.0 Å². The van der Waals surface area contributed by atoms with Crippen LogP contribution in [0.3, 0.4) is 0 Å². The molecule has 0 saturated carbocycles. The molecule has 0 unspecified atom stereocenters. The van der Waals surface area contributed by atoms with Gasteiger partial charge in [0.2, 0.25) is 0 Å². The summed E-state index contributed by atoms with van der Waals surface area (Å²) in [5.41, 5.74) is 2.72. The van der Waals surface area contributed by atoms with Gasteiger partial charge in [0.15, 0.2) is 0 Å². The van der Waals surface area contributed by atoms with Gasteiger partial charge >= 0.3 is 0 Å². The average molecular weight is 324 g/mol. The second kappa shape index (κ2) is 6.00.